The molecule has 0 amide bonds. The van der Waals surface area contributed by atoms with Gasteiger partial charge in [0.1, 0.15) is 5.82 Å². The highest BCUT2D eigenvalue weighted by Crippen LogP contribution is 2.23. The Morgan fingerprint density at radius 3 is 2.62 bits per heavy atom. The smallest absolute Gasteiger partial charge is 0.240 e. The summed E-state index contributed by atoms with van der Waals surface area (Å²) in [5.74, 6) is 0.0290. The second-order valence-electron chi connectivity index (χ2n) is 5.64. The first-order valence-corrected chi connectivity index (χ1v) is 8.94. The van der Waals surface area contributed by atoms with Gasteiger partial charge in [-0.25, -0.2) is 17.5 Å². The topological polar surface area (TPSA) is 58.2 Å². The fraction of sp³-hybridized carbons (Fsp3) is 0.600. The Morgan fingerprint density at radius 1 is 1.24 bits per heavy atom. The van der Waals surface area contributed by atoms with Gasteiger partial charge in [0.25, 0.3) is 0 Å². The van der Waals surface area contributed by atoms with E-state index < -0.39 is 15.8 Å². The summed E-state index contributed by atoms with van der Waals surface area (Å²) in [6.45, 7) is 0.777. The van der Waals surface area contributed by atoms with Crippen LogP contribution in [0.25, 0.3) is 0 Å². The average Bonchev–Trinajstić information content (AvgIpc) is 2.49. The van der Waals surface area contributed by atoms with Gasteiger partial charge in [-0.15, -0.1) is 0 Å². The highest BCUT2D eigenvalue weighted by Gasteiger charge is 2.19. The lowest BCUT2D eigenvalue weighted by atomic mass is 9.90. The Balaban J connectivity index is 2.06. The Bertz CT molecular complexity index is 569. The summed E-state index contributed by atoms with van der Waals surface area (Å²) in [5, 5.41) is 2.83. The average molecular weight is 314 g/mol. The molecule has 2 rings (SSSR count). The lowest BCUT2D eigenvalue weighted by Crippen LogP contribution is -2.30. The Kier molecular flexibility index (Phi) is 5.72. The Hall–Kier alpha value is -0.980. The molecule has 0 radical (unpaired) electrons. The summed E-state index contributed by atoms with van der Waals surface area (Å²) in [6.07, 6.45) is 5.76. The standard InChI is InChI=1S/C15H23FN2O2S/c1-17-11-13-9-14(7-8-15(13)16)21(19,20)18-10-12-5-3-2-4-6-12/h7-9,12,17-18H,2-6,10-11H2,1H3. The van der Waals surface area contributed by atoms with E-state index in [-0.39, 0.29) is 4.90 Å². The number of hydrogen-bond donors (Lipinski definition) is 2. The second-order valence-corrected chi connectivity index (χ2v) is 7.41. The molecule has 0 unspecified atom stereocenters. The van der Waals surface area contributed by atoms with Gasteiger partial charge in [-0.3, -0.25) is 0 Å². The van der Waals surface area contributed by atoms with Gasteiger partial charge in [0.2, 0.25) is 10.0 Å². The quantitative estimate of drug-likeness (QED) is 0.848. The molecule has 0 bridgehead atoms. The van der Waals surface area contributed by atoms with Crippen molar-refractivity contribution in [2.45, 2.75) is 43.5 Å². The van der Waals surface area contributed by atoms with Gasteiger partial charge in [-0.05, 0) is 44.0 Å². The molecule has 1 aliphatic rings. The molecule has 1 saturated carbocycles. The van der Waals surface area contributed by atoms with Crippen LogP contribution in [-0.2, 0) is 16.6 Å². The van der Waals surface area contributed by atoms with Crippen LogP contribution in [0.1, 0.15) is 37.7 Å². The maximum atomic E-state index is 13.6. The summed E-state index contributed by atoms with van der Waals surface area (Å²) < 4.78 is 40.8. The zero-order valence-electron chi connectivity index (χ0n) is 12.4. The molecule has 4 nitrogen and oxygen atoms in total. The first-order valence-electron chi connectivity index (χ1n) is 7.45. The number of halogens is 1. The number of rotatable bonds is 6. The molecule has 0 atom stereocenters. The first-order chi connectivity index (χ1) is 10.0. The SMILES string of the molecule is CNCc1cc(S(=O)(=O)NCC2CCCCC2)ccc1F. The van der Waals surface area contributed by atoms with E-state index in [0.717, 1.165) is 12.8 Å². The normalized spacial score (nSPS) is 17.0. The van der Waals surface area contributed by atoms with Crippen LogP contribution in [0.2, 0.25) is 0 Å². The van der Waals surface area contributed by atoms with Crippen molar-refractivity contribution in [2.24, 2.45) is 5.92 Å². The largest absolute Gasteiger partial charge is 0.316 e. The maximum absolute atomic E-state index is 13.6. The molecule has 0 heterocycles. The number of benzene rings is 1. The van der Waals surface area contributed by atoms with Gasteiger partial charge in [-0.2, -0.15) is 0 Å². The third-order valence-corrected chi connectivity index (χ3v) is 5.40. The Morgan fingerprint density at radius 2 is 1.95 bits per heavy atom. The monoisotopic (exact) mass is 314 g/mol. The van der Waals surface area contributed by atoms with Crippen LogP contribution in [0.15, 0.2) is 23.1 Å². The van der Waals surface area contributed by atoms with E-state index in [1.807, 2.05) is 0 Å². The molecule has 1 fully saturated rings. The molecule has 1 aromatic carbocycles. The van der Waals surface area contributed by atoms with Crippen LogP contribution in [0, 0.1) is 11.7 Å². The van der Waals surface area contributed by atoms with Crippen LogP contribution >= 0.6 is 0 Å². The molecule has 1 aromatic rings. The van der Waals surface area contributed by atoms with Gasteiger partial charge >= 0.3 is 0 Å². The molecule has 6 heteroatoms. The molecule has 0 saturated heterocycles. The first kappa shape index (κ1) is 16.4. The third kappa shape index (κ3) is 4.49. The highest BCUT2D eigenvalue weighted by molar-refractivity contribution is 7.89. The fourth-order valence-corrected chi connectivity index (χ4v) is 3.91. The van der Waals surface area contributed by atoms with Gasteiger partial charge in [-0.1, -0.05) is 19.3 Å². The van der Waals surface area contributed by atoms with E-state index >= 15 is 0 Å². The van der Waals surface area contributed by atoms with Crippen molar-refractivity contribution in [3.63, 3.8) is 0 Å². The van der Waals surface area contributed by atoms with Crippen molar-refractivity contribution in [3.05, 3.63) is 29.6 Å². The molecule has 2 N–H and O–H groups in total. The van der Waals surface area contributed by atoms with Crippen LogP contribution in [0.3, 0.4) is 0 Å². The van der Waals surface area contributed by atoms with Crippen LogP contribution in [0.5, 0.6) is 0 Å². The minimum absolute atomic E-state index is 0.130. The Labute approximate surface area is 126 Å². The molecule has 0 aliphatic heterocycles. The van der Waals surface area contributed by atoms with E-state index in [9.17, 15) is 12.8 Å². The molecule has 118 valence electrons. The van der Waals surface area contributed by atoms with E-state index in [1.165, 1.54) is 37.5 Å². The lowest BCUT2D eigenvalue weighted by molar-refractivity contribution is 0.357. The molecule has 0 spiro atoms. The molecule has 21 heavy (non-hydrogen) atoms. The lowest BCUT2D eigenvalue weighted by Gasteiger charge is -2.21. The van der Waals surface area contributed by atoms with Gasteiger partial charge < -0.3 is 5.32 Å². The van der Waals surface area contributed by atoms with Crippen molar-refractivity contribution < 1.29 is 12.8 Å². The minimum Gasteiger partial charge on any atom is -0.316 e. The van der Waals surface area contributed by atoms with E-state index in [0.29, 0.717) is 24.6 Å². The molecular formula is C15H23FN2O2S. The second kappa shape index (κ2) is 7.33. The number of nitrogens with one attached hydrogen (secondary N) is 2. The van der Waals surface area contributed by atoms with Crippen molar-refractivity contribution in [3.8, 4) is 0 Å². The predicted molar refractivity (Wildman–Crippen MR) is 80.9 cm³/mol. The summed E-state index contributed by atoms with van der Waals surface area (Å²) >= 11 is 0. The van der Waals surface area contributed by atoms with Gasteiger partial charge in [0.05, 0.1) is 4.90 Å². The zero-order chi connectivity index (χ0) is 15.3. The zero-order valence-corrected chi connectivity index (χ0v) is 13.2. The summed E-state index contributed by atoms with van der Waals surface area (Å²) in [4.78, 5) is 0.130. The number of sulfonamides is 1. The summed E-state index contributed by atoms with van der Waals surface area (Å²) in [5.41, 5.74) is 0.359. The molecule has 0 aromatic heterocycles. The van der Waals surface area contributed by atoms with E-state index in [1.54, 1.807) is 7.05 Å². The van der Waals surface area contributed by atoms with Crippen LogP contribution in [0.4, 0.5) is 4.39 Å². The van der Waals surface area contributed by atoms with Crippen LogP contribution < -0.4 is 10.0 Å². The highest BCUT2D eigenvalue weighted by atomic mass is 32.2. The molecular weight excluding hydrogens is 291 g/mol. The van der Waals surface area contributed by atoms with E-state index in [4.69, 9.17) is 0 Å². The van der Waals surface area contributed by atoms with Gasteiger partial charge in [0.15, 0.2) is 0 Å². The predicted octanol–water partition coefficient (Wildman–Crippen LogP) is 2.40. The van der Waals surface area contributed by atoms with Gasteiger partial charge in [0, 0.05) is 18.7 Å². The number of hydrogen-bond acceptors (Lipinski definition) is 3. The third-order valence-electron chi connectivity index (χ3n) is 3.98. The van der Waals surface area contributed by atoms with Crippen LogP contribution in [-0.4, -0.2) is 22.0 Å². The van der Waals surface area contributed by atoms with Crippen molar-refractivity contribution in [1.29, 1.82) is 0 Å². The van der Waals surface area contributed by atoms with E-state index in [2.05, 4.69) is 10.0 Å². The fourth-order valence-electron chi connectivity index (χ4n) is 2.75. The molecule has 1 aliphatic carbocycles. The maximum Gasteiger partial charge on any atom is 0.240 e. The minimum atomic E-state index is -3.56. The van der Waals surface area contributed by atoms with Crippen molar-refractivity contribution in [2.75, 3.05) is 13.6 Å². The summed E-state index contributed by atoms with van der Waals surface area (Å²) in [7, 11) is -1.87. The van der Waals surface area contributed by atoms with Crippen molar-refractivity contribution >= 4 is 10.0 Å². The summed E-state index contributed by atoms with van der Waals surface area (Å²) in [6, 6.07) is 3.93. The van der Waals surface area contributed by atoms with Crippen molar-refractivity contribution in [1.82, 2.24) is 10.0 Å².